The smallest absolute Gasteiger partial charge is 0.303 e. The third kappa shape index (κ3) is 2.75. The minimum absolute atomic E-state index is 0.0792. The molecule has 0 amide bonds. The first-order valence-electron chi connectivity index (χ1n) is 7.22. The molecule has 1 saturated carbocycles. The molecule has 2 atom stereocenters. The summed E-state index contributed by atoms with van der Waals surface area (Å²) in [6.07, 6.45) is 6.91. The van der Waals surface area contributed by atoms with Gasteiger partial charge in [0.05, 0.1) is 6.42 Å². The number of aryl methyl sites for hydroxylation is 2. The van der Waals surface area contributed by atoms with Gasteiger partial charge in [-0.1, -0.05) is 6.07 Å². The maximum Gasteiger partial charge on any atom is 0.303 e. The number of fused-ring (bicyclic) bond motifs is 1. The molecule has 0 heterocycles. The maximum absolute atomic E-state index is 10.9. The van der Waals surface area contributed by atoms with Gasteiger partial charge >= 0.3 is 5.97 Å². The van der Waals surface area contributed by atoms with Gasteiger partial charge in [-0.05, 0) is 61.8 Å². The fourth-order valence-corrected chi connectivity index (χ4v) is 3.41. The Morgan fingerprint density at radius 1 is 1.21 bits per heavy atom. The highest BCUT2D eigenvalue weighted by atomic mass is 16.5. The van der Waals surface area contributed by atoms with Crippen LogP contribution in [-0.2, 0) is 17.6 Å². The number of rotatable bonds is 4. The van der Waals surface area contributed by atoms with Crippen LogP contribution in [0.5, 0.6) is 5.75 Å². The molecule has 2 aliphatic rings. The Morgan fingerprint density at radius 2 is 2.05 bits per heavy atom. The van der Waals surface area contributed by atoms with Crippen molar-refractivity contribution in [1.29, 1.82) is 0 Å². The van der Waals surface area contributed by atoms with Gasteiger partial charge in [0.2, 0.25) is 0 Å². The first-order chi connectivity index (χ1) is 9.22. The molecule has 0 spiro atoms. The summed E-state index contributed by atoms with van der Waals surface area (Å²) in [7, 11) is 0. The molecule has 2 unspecified atom stereocenters. The summed E-state index contributed by atoms with van der Waals surface area (Å²) >= 11 is 0. The summed E-state index contributed by atoms with van der Waals surface area (Å²) in [6, 6.07) is 6.36. The lowest BCUT2D eigenvalue weighted by Gasteiger charge is -2.20. The van der Waals surface area contributed by atoms with Gasteiger partial charge in [-0.2, -0.15) is 0 Å². The molecule has 3 heteroatoms. The minimum Gasteiger partial charge on any atom is -0.490 e. The van der Waals surface area contributed by atoms with Crippen LogP contribution in [0.15, 0.2) is 18.2 Å². The van der Waals surface area contributed by atoms with Crippen molar-refractivity contribution in [2.24, 2.45) is 5.92 Å². The fraction of sp³-hybridized carbons (Fsp3) is 0.562. The number of benzene rings is 1. The Labute approximate surface area is 113 Å². The van der Waals surface area contributed by atoms with Crippen LogP contribution in [0.2, 0.25) is 0 Å². The van der Waals surface area contributed by atoms with Gasteiger partial charge in [0.15, 0.2) is 0 Å². The number of carboxylic acid groups (broad SMARTS) is 1. The van der Waals surface area contributed by atoms with E-state index in [1.165, 1.54) is 24.0 Å². The van der Waals surface area contributed by atoms with Gasteiger partial charge in [0, 0.05) is 5.92 Å². The minimum atomic E-state index is -0.713. The van der Waals surface area contributed by atoms with E-state index in [-0.39, 0.29) is 18.4 Å². The molecule has 0 aliphatic heterocycles. The van der Waals surface area contributed by atoms with E-state index >= 15 is 0 Å². The molecule has 1 aromatic rings. The van der Waals surface area contributed by atoms with Crippen molar-refractivity contribution >= 4 is 5.97 Å². The van der Waals surface area contributed by atoms with E-state index in [0.717, 1.165) is 31.4 Å². The van der Waals surface area contributed by atoms with Crippen LogP contribution >= 0.6 is 0 Å². The van der Waals surface area contributed by atoms with E-state index in [1.807, 2.05) is 6.07 Å². The molecule has 0 saturated heterocycles. The Balaban J connectivity index is 1.68. The van der Waals surface area contributed by atoms with Crippen LogP contribution in [0.1, 0.15) is 43.2 Å². The number of aliphatic carboxylic acids is 1. The fourth-order valence-electron chi connectivity index (χ4n) is 3.41. The summed E-state index contributed by atoms with van der Waals surface area (Å²) in [5, 5.41) is 8.93. The number of carboxylic acids is 1. The summed E-state index contributed by atoms with van der Waals surface area (Å²) in [5.74, 6) is 0.378. The van der Waals surface area contributed by atoms with Crippen LogP contribution in [0.4, 0.5) is 0 Å². The Hall–Kier alpha value is -1.51. The maximum atomic E-state index is 10.9. The zero-order valence-corrected chi connectivity index (χ0v) is 11.1. The normalized spacial score (nSPS) is 25.3. The van der Waals surface area contributed by atoms with Crippen LogP contribution in [0.3, 0.4) is 0 Å². The van der Waals surface area contributed by atoms with Crippen LogP contribution in [0.25, 0.3) is 0 Å². The monoisotopic (exact) mass is 260 g/mol. The number of hydrogen-bond donors (Lipinski definition) is 1. The molecule has 19 heavy (non-hydrogen) atoms. The molecular weight excluding hydrogens is 240 g/mol. The molecule has 3 nitrogen and oxygen atoms in total. The lowest BCUT2D eigenvalue weighted by atomic mass is 10.0. The van der Waals surface area contributed by atoms with E-state index in [1.54, 1.807) is 0 Å². The second-order valence-electron chi connectivity index (χ2n) is 5.73. The standard InChI is InChI=1S/C16H20O3/c17-16(18)10-13-5-2-6-15(13)19-14-8-7-11-3-1-4-12(11)9-14/h7-9,13,15H,1-6,10H2,(H,17,18). The first-order valence-corrected chi connectivity index (χ1v) is 7.22. The third-order valence-electron chi connectivity index (χ3n) is 4.38. The quantitative estimate of drug-likeness (QED) is 0.904. The highest BCUT2D eigenvalue weighted by molar-refractivity contribution is 5.67. The molecular formula is C16H20O3. The van der Waals surface area contributed by atoms with Crippen molar-refractivity contribution in [3.05, 3.63) is 29.3 Å². The summed E-state index contributed by atoms with van der Waals surface area (Å²) in [4.78, 5) is 10.9. The molecule has 0 bridgehead atoms. The van der Waals surface area contributed by atoms with Gasteiger partial charge in [0.25, 0.3) is 0 Å². The predicted molar refractivity (Wildman–Crippen MR) is 72.5 cm³/mol. The Bertz CT molecular complexity index is 481. The average Bonchev–Trinajstić information content (AvgIpc) is 2.98. The van der Waals surface area contributed by atoms with E-state index in [0.29, 0.717) is 0 Å². The van der Waals surface area contributed by atoms with E-state index in [9.17, 15) is 4.79 Å². The van der Waals surface area contributed by atoms with Crippen molar-refractivity contribution in [3.8, 4) is 5.75 Å². The van der Waals surface area contributed by atoms with Gasteiger partial charge in [-0.25, -0.2) is 0 Å². The molecule has 3 rings (SSSR count). The molecule has 1 fully saturated rings. The SMILES string of the molecule is O=C(O)CC1CCCC1Oc1ccc2c(c1)CCC2. The van der Waals surface area contributed by atoms with Crippen molar-refractivity contribution in [3.63, 3.8) is 0 Å². The zero-order valence-electron chi connectivity index (χ0n) is 11.1. The van der Waals surface area contributed by atoms with Crippen LogP contribution in [0, 0.1) is 5.92 Å². The molecule has 1 N–H and O–H groups in total. The Kier molecular flexibility index (Phi) is 3.45. The lowest BCUT2D eigenvalue weighted by Crippen LogP contribution is -2.23. The van der Waals surface area contributed by atoms with E-state index in [4.69, 9.17) is 9.84 Å². The van der Waals surface area contributed by atoms with Crippen molar-refractivity contribution in [2.45, 2.75) is 51.0 Å². The second-order valence-corrected chi connectivity index (χ2v) is 5.73. The molecule has 102 valence electrons. The number of carbonyl (C=O) groups is 1. The highest BCUT2D eigenvalue weighted by Gasteiger charge is 2.30. The highest BCUT2D eigenvalue weighted by Crippen LogP contribution is 2.33. The van der Waals surface area contributed by atoms with Crippen molar-refractivity contribution in [1.82, 2.24) is 0 Å². The largest absolute Gasteiger partial charge is 0.490 e. The van der Waals surface area contributed by atoms with Gasteiger partial charge < -0.3 is 9.84 Å². The van der Waals surface area contributed by atoms with Crippen LogP contribution in [-0.4, -0.2) is 17.2 Å². The van der Waals surface area contributed by atoms with Crippen LogP contribution < -0.4 is 4.74 Å². The molecule has 0 radical (unpaired) electrons. The topological polar surface area (TPSA) is 46.5 Å². The van der Waals surface area contributed by atoms with Gasteiger partial charge in [0.1, 0.15) is 11.9 Å². The average molecular weight is 260 g/mol. The Morgan fingerprint density at radius 3 is 2.89 bits per heavy atom. The van der Waals surface area contributed by atoms with Crippen molar-refractivity contribution in [2.75, 3.05) is 0 Å². The first kappa shape index (κ1) is 12.5. The van der Waals surface area contributed by atoms with E-state index in [2.05, 4.69) is 12.1 Å². The van der Waals surface area contributed by atoms with Crippen molar-refractivity contribution < 1.29 is 14.6 Å². The van der Waals surface area contributed by atoms with Gasteiger partial charge in [-0.3, -0.25) is 4.79 Å². The third-order valence-corrected chi connectivity index (χ3v) is 4.38. The molecule has 1 aromatic carbocycles. The number of ether oxygens (including phenoxy) is 1. The lowest BCUT2D eigenvalue weighted by molar-refractivity contribution is -0.138. The predicted octanol–water partition coefficient (Wildman–Crippen LogP) is 3.20. The van der Waals surface area contributed by atoms with E-state index < -0.39 is 5.97 Å². The number of hydrogen-bond acceptors (Lipinski definition) is 2. The molecule has 2 aliphatic carbocycles. The summed E-state index contributed by atoms with van der Waals surface area (Å²) in [6.45, 7) is 0. The van der Waals surface area contributed by atoms with Gasteiger partial charge in [-0.15, -0.1) is 0 Å². The second kappa shape index (κ2) is 5.24. The molecule has 0 aromatic heterocycles. The zero-order chi connectivity index (χ0) is 13.2. The summed E-state index contributed by atoms with van der Waals surface area (Å²) in [5.41, 5.74) is 2.85. The summed E-state index contributed by atoms with van der Waals surface area (Å²) < 4.78 is 6.05.